The second-order valence-electron chi connectivity index (χ2n) is 5.62. The summed E-state index contributed by atoms with van der Waals surface area (Å²) in [5, 5.41) is 3.64. The van der Waals surface area contributed by atoms with Crippen molar-refractivity contribution in [1.29, 1.82) is 0 Å². The van der Waals surface area contributed by atoms with Crippen LogP contribution in [0.1, 0.15) is 36.8 Å². The zero-order valence-electron chi connectivity index (χ0n) is 11.4. The van der Waals surface area contributed by atoms with Crippen LogP contribution in [0.25, 0.3) is 0 Å². The molecular weight excluding hydrogens is 240 g/mol. The summed E-state index contributed by atoms with van der Waals surface area (Å²) in [6.45, 7) is 3.35. The molecule has 1 aliphatic heterocycles. The van der Waals surface area contributed by atoms with Gasteiger partial charge in [-0.1, -0.05) is 0 Å². The van der Waals surface area contributed by atoms with Crippen LogP contribution in [0.15, 0.2) is 12.1 Å². The van der Waals surface area contributed by atoms with Crippen LogP contribution in [0.3, 0.4) is 0 Å². The van der Waals surface area contributed by atoms with Gasteiger partial charge >= 0.3 is 0 Å². The fourth-order valence-electron chi connectivity index (χ4n) is 2.85. The lowest BCUT2D eigenvalue weighted by atomic mass is 9.91. The second-order valence-corrected chi connectivity index (χ2v) is 5.62. The van der Waals surface area contributed by atoms with Crippen LogP contribution in [-0.4, -0.2) is 18.9 Å². The molecule has 4 heteroatoms. The SMILES string of the molecule is Cc1cc2c(cc1CNC1CCC(N)CC1)OCO2. The Hall–Kier alpha value is -1.26. The monoisotopic (exact) mass is 262 g/mol. The third-order valence-corrected chi connectivity index (χ3v) is 4.18. The number of benzene rings is 1. The average Bonchev–Trinajstić information content (AvgIpc) is 2.85. The van der Waals surface area contributed by atoms with Crippen molar-refractivity contribution in [1.82, 2.24) is 5.32 Å². The number of nitrogens with one attached hydrogen (secondary N) is 1. The summed E-state index contributed by atoms with van der Waals surface area (Å²) in [6, 6.07) is 5.17. The van der Waals surface area contributed by atoms with E-state index in [-0.39, 0.29) is 0 Å². The van der Waals surface area contributed by atoms with Crippen LogP contribution < -0.4 is 20.5 Å². The van der Waals surface area contributed by atoms with Gasteiger partial charge in [0.15, 0.2) is 11.5 Å². The maximum absolute atomic E-state index is 5.93. The number of hydrogen-bond donors (Lipinski definition) is 2. The van der Waals surface area contributed by atoms with Crippen molar-refractivity contribution in [2.24, 2.45) is 5.73 Å². The van der Waals surface area contributed by atoms with Crippen LogP contribution >= 0.6 is 0 Å². The zero-order chi connectivity index (χ0) is 13.2. The lowest BCUT2D eigenvalue weighted by molar-refractivity contribution is 0.174. The summed E-state index contributed by atoms with van der Waals surface area (Å²) < 4.78 is 10.8. The number of hydrogen-bond acceptors (Lipinski definition) is 4. The van der Waals surface area contributed by atoms with Crippen LogP contribution in [0.2, 0.25) is 0 Å². The molecule has 3 rings (SSSR count). The van der Waals surface area contributed by atoms with Crippen LogP contribution in [0.5, 0.6) is 11.5 Å². The van der Waals surface area contributed by atoms with Crippen LogP contribution in [-0.2, 0) is 6.54 Å². The Morgan fingerprint density at radius 3 is 2.58 bits per heavy atom. The number of fused-ring (bicyclic) bond motifs is 1. The molecule has 0 saturated heterocycles. The van der Waals surface area contributed by atoms with E-state index in [1.54, 1.807) is 0 Å². The summed E-state index contributed by atoms with van der Waals surface area (Å²) in [4.78, 5) is 0. The molecule has 1 heterocycles. The third-order valence-electron chi connectivity index (χ3n) is 4.18. The summed E-state index contributed by atoms with van der Waals surface area (Å²) in [6.07, 6.45) is 4.64. The molecule has 1 aromatic rings. The Bertz CT molecular complexity index is 454. The highest BCUT2D eigenvalue weighted by atomic mass is 16.7. The minimum absolute atomic E-state index is 0.339. The molecule has 0 aromatic heterocycles. The van der Waals surface area contributed by atoms with Crippen LogP contribution in [0, 0.1) is 6.92 Å². The van der Waals surface area contributed by atoms with E-state index >= 15 is 0 Å². The minimum Gasteiger partial charge on any atom is -0.454 e. The van der Waals surface area contributed by atoms with E-state index in [9.17, 15) is 0 Å². The van der Waals surface area contributed by atoms with Gasteiger partial charge in [0.1, 0.15) is 0 Å². The third kappa shape index (κ3) is 2.85. The Kier molecular flexibility index (Phi) is 3.62. The molecule has 0 spiro atoms. The van der Waals surface area contributed by atoms with E-state index in [0.29, 0.717) is 18.9 Å². The van der Waals surface area contributed by atoms with E-state index in [0.717, 1.165) is 30.9 Å². The maximum atomic E-state index is 5.93. The lowest BCUT2D eigenvalue weighted by Crippen LogP contribution is -2.37. The van der Waals surface area contributed by atoms with Gasteiger partial charge in [-0.2, -0.15) is 0 Å². The molecular formula is C15H22N2O2. The molecule has 2 aliphatic rings. The largest absolute Gasteiger partial charge is 0.454 e. The highest BCUT2D eigenvalue weighted by molar-refractivity contribution is 5.48. The molecule has 104 valence electrons. The van der Waals surface area contributed by atoms with Gasteiger partial charge in [0.25, 0.3) is 0 Å². The smallest absolute Gasteiger partial charge is 0.231 e. The number of rotatable bonds is 3. The van der Waals surface area contributed by atoms with E-state index in [2.05, 4.69) is 24.4 Å². The van der Waals surface area contributed by atoms with Crippen molar-refractivity contribution < 1.29 is 9.47 Å². The second kappa shape index (κ2) is 5.39. The van der Waals surface area contributed by atoms with Gasteiger partial charge in [0.05, 0.1) is 0 Å². The maximum Gasteiger partial charge on any atom is 0.231 e. The lowest BCUT2D eigenvalue weighted by Gasteiger charge is -2.27. The van der Waals surface area contributed by atoms with Crippen molar-refractivity contribution in [2.45, 2.75) is 51.2 Å². The highest BCUT2D eigenvalue weighted by Crippen LogP contribution is 2.34. The van der Waals surface area contributed by atoms with E-state index in [1.165, 1.54) is 24.0 Å². The fourth-order valence-corrected chi connectivity index (χ4v) is 2.85. The molecule has 1 aliphatic carbocycles. The molecule has 0 bridgehead atoms. The van der Waals surface area contributed by atoms with Crippen molar-refractivity contribution in [3.05, 3.63) is 23.3 Å². The van der Waals surface area contributed by atoms with Gasteiger partial charge in [0, 0.05) is 18.6 Å². The van der Waals surface area contributed by atoms with Gasteiger partial charge < -0.3 is 20.5 Å². The van der Waals surface area contributed by atoms with Gasteiger partial charge in [0.2, 0.25) is 6.79 Å². The van der Waals surface area contributed by atoms with E-state index in [4.69, 9.17) is 15.2 Å². The van der Waals surface area contributed by atoms with Gasteiger partial charge in [-0.15, -0.1) is 0 Å². The standard InChI is InChI=1S/C15H22N2O2/c1-10-6-14-15(19-9-18-14)7-11(10)8-17-13-4-2-12(16)3-5-13/h6-7,12-13,17H,2-5,8-9,16H2,1H3. The fraction of sp³-hybridized carbons (Fsp3) is 0.600. The Labute approximate surface area is 114 Å². The Morgan fingerprint density at radius 2 is 1.84 bits per heavy atom. The first-order valence-electron chi connectivity index (χ1n) is 7.10. The average molecular weight is 262 g/mol. The zero-order valence-corrected chi connectivity index (χ0v) is 11.4. The number of aryl methyl sites for hydroxylation is 1. The molecule has 1 fully saturated rings. The molecule has 0 amide bonds. The normalized spacial score (nSPS) is 25.6. The summed E-state index contributed by atoms with van der Waals surface area (Å²) >= 11 is 0. The van der Waals surface area contributed by atoms with Gasteiger partial charge in [-0.25, -0.2) is 0 Å². The van der Waals surface area contributed by atoms with E-state index in [1.807, 2.05) is 0 Å². The highest BCUT2D eigenvalue weighted by Gasteiger charge is 2.19. The van der Waals surface area contributed by atoms with Gasteiger partial charge in [-0.3, -0.25) is 0 Å². The van der Waals surface area contributed by atoms with Crippen molar-refractivity contribution in [3.8, 4) is 11.5 Å². The van der Waals surface area contributed by atoms with E-state index < -0.39 is 0 Å². The quantitative estimate of drug-likeness (QED) is 0.875. The Morgan fingerprint density at radius 1 is 1.16 bits per heavy atom. The first-order chi connectivity index (χ1) is 9.22. The molecule has 0 unspecified atom stereocenters. The topological polar surface area (TPSA) is 56.5 Å². The molecule has 0 radical (unpaired) electrons. The van der Waals surface area contributed by atoms with Crippen molar-refractivity contribution in [3.63, 3.8) is 0 Å². The Balaban J connectivity index is 1.61. The summed E-state index contributed by atoms with van der Waals surface area (Å²) in [5.41, 5.74) is 8.48. The van der Waals surface area contributed by atoms with Crippen molar-refractivity contribution in [2.75, 3.05) is 6.79 Å². The predicted molar refractivity (Wildman–Crippen MR) is 74.4 cm³/mol. The first kappa shape index (κ1) is 12.8. The molecule has 19 heavy (non-hydrogen) atoms. The molecule has 1 saturated carbocycles. The summed E-state index contributed by atoms with van der Waals surface area (Å²) in [5.74, 6) is 1.73. The molecule has 0 atom stereocenters. The first-order valence-corrected chi connectivity index (χ1v) is 7.10. The minimum atomic E-state index is 0.339. The predicted octanol–water partition coefficient (Wildman–Crippen LogP) is 2.08. The number of ether oxygens (including phenoxy) is 2. The van der Waals surface area contributed by atoms with Crippen LogP contribution in [0.4, 0.5) is 0 Å². The number of nitrogens with two attached hydrogens (primary N) is 1. The molecule has 1 aromatic carbocycles. The van der Waals surface area contributed by atoms with Crippen molar-refractivity contribution >= 4 is 0 Å². The van der Waals surface area contributed by atoms with Gasteiger partial charge in [-0.05, 0) is 55.9 Å². The molecule has 3 N–H and O–H groups in total. The summed E-state index contributed by atoms with van der Waals surface area (Å²) in [7, 11) is 0. The molecule has 4 nitrogen and oxygen atoms in total.